The molecule has 0 spiro atoms. The predicted octanol–water partition coefficient (Wildman–Crippen LogP) is 5.96. The Kier molecular flexibility index (Phi) is 6.64. The van der Waals surface area contributed by atoms with Gasteiger partial charge in [-0.1, -0.05) is 35.9 Å². The SMILES string of the molecule is O=C(CCCc1c(-c2ccc3ccccc3n2)[nH]c2ccc(F)cc12)NNC(=O)c1ccc(Cl)cc1. The fraction of sp³-hybridized carbons (Fsp3) is 0.107. The molecule has 0 unspecified atom stereocenters. The maximum atomic E-state index is 14.1. The second-order valence-corrected chi connectivity index (χ2v) is 8.86. The molecule has 5 aromatic rings. The molecule has 2 amide bonds. The van der Waals surface area contributed by atoms with Crippen molar-refractivity contribution in [3.8, 4) is 11.4 Å². The summed E-state index contributed by atoms with van der Waals surface area (Å²) in [4.78, 5) is 32.7. The highest BCUT2D eigenvalue weighted by Crippen LogP contribution is 2.32. The van der Waals surface area contributed by atoms with Crippen LogP contribution in [0.1, 0.15) is 28.8 Å². The molecule has 0 aliphatic carbocycles. The van der Waals surface area contributed by atoms with Crippen LogP contribution < -0.4 is 10.9 Å². The minimum atomic E-state index is -0.434. The number of hydrogen-bond donors (Lipinski definition) is 3. The predicted molar refractivity (Wildman–Crippen MR) is 139 cm³/mol. The quantitative estimate of drug-likeness (QED) is 0.251. The van der Waals surface area contributed by atoms with E-state index in [1.54, 1.807) is 30.3 Å². The van der Waals surface area contributed by atoms with Crippen LogP contribution in [0.2, 0.25) is 5.02 Å². The topological polar surface area (TPSA) is 86.9 Å². The van der Waals surface area contributed by atoms with E-state index in [1.165, 1.54) is 12.1 Å². The van der Waals surface area contributed by atoms with Crippen LogP contribution in [-0.2, 0) is 11.2 Å². The summed E-state index contributed by atoms with van der Waals surface area (Å²) in [5.74, 6) is -1.09. The Labute approximate surface area is 211 Å². The van der Waals surface area contributed by atoms with E-state index in [2.05, 4.69) is 15.8 Å². The maximum absolute atomic E-state index is 14.1. The molecule has 0 aliphatic rings. The number of hydrogen-bond acceptors (Lipinski definition) is 3. The molecule has 3 aromatic carbocycles. The summed E-state index contributed by atoms with van der Waals surface area (Å²) in [7, 11) is 0. The number of benzene rings is 3. The average molecular weight is 501 g/mol. The van der Waals surface area contributed by atoms with E-state index >= 15 is 0 Å². The van der Waals surface area contributed by atoms with Gasteiger partial charge in [0.25, 0.3) is 5.91 Å². The highest BCUT2D eigenvalue weighted by Gasteiger charge is 2.16. The number of carbonyl (C=O) groups excluding carboxylic acids is 2. The summed E-state index contributed by atoms with van der Waals surface area (Å²) >= 11 is 5.84. The van der Waals surface area contributed by atoms with E-state index in [4.69, 9.17) is 16.6 Å². The smallest absolute Gasteiger partial charge is 0.269 e. The largest absolute Gasteiger partial charge is 0.353 e. The standard InChI is InChI=1S/C28H22ClFN4O2/c29-19-11-8-18(9-12-19)28(36)34-33-26(35)7-3-5-21-22-16-20(30)13-15-24(22)32-27(21)25-14-10-17-4-1-2-6-23(17)31-25/h1-2,4,6,8-16,32H,3,5,7H2,(H,33,35)(H,34,36). The van der Waals surface area contributed by atoms with Gasteiger partial charge in [0.05, 0.1) is 16.9 Å². The monoisotopic (exact) mass is 500 g/mol. The number of amides is 2. The molecular weight excluding hydrogens is 479 g/mol. The van der Waals surface area contributed by atoms with Crippen molar-refractivity contribution >= 4 is 45.2 Å². The van der Waals surface area contributed by atoms with Gasteiger partial charge in [0.2, 0.25) is 5.91 Å². The van der Waals surface area contributed by atoms with Crippen molar-refractivity contribution in [1.29, 1.82) is 0 Å². The van der Waals surface area contributed by atoms with Crippen LogP contribution in [0.3, 0.4) is 0 Å². The van der Waals surface area contributed by atoms with Crippen molar-refractivity contribution in [3.63, 3.8) is 0 Å². The third-order valence-corrected chi connectivity index (χ3v) is 6.23. The second kappa shape index (κ2) is 10.2. The summed E-state index contributed by atoms with van der Waals surface area (Å²) in [5.41, 5.74) is 9.34. The summed E-state index contributed by atoms with van der Waals surface area (Å²) in [6.07, 6.45) is 1.19. The van der Waals surface area contributed by atoms with Crippen LogP contribution in [0.4, 0.5) is 4.39 Å². The lowest BCUT2D eigenvalue weighted by Gasteiger charge is -2.09. The van der Waals surface area contributed by atoms with Crippen LogP contribution in [-0.4, -0.2) is 21.8 Å². The van der Waals surface area contributed by atoms with Gasteiger partial charge in [0.1, 0.15) is 5.82 Å². The molecule has 2 heterocycles. The number of nitrogens with zero attached hydrogens (tertiary/aromatic N) is 1. The van der Waals surface area contributed by atoms with Crippen LogP contribution in [0.5, 0.6) is 0 Å². The molecule has 0 fully saturated rings. The molecule has 5 rings (SSSR count). The third-order valence-electron chi connectivity index (χ3n) is 5.98. The lowest BCUT2D eigenvalue weighted by atomic mass is 10.0. The molecule has 8 heteroatoms. The minimum absolute atomic E-state index is 0.174. The summed E-state index contributed by atoms with van der Waals surface area (Å²) in [5, 5.41) is 2.31. The average Bonchev–Trinajstić information content (AvgIpc) is 3.25. The first-order valence-corrected chi connectivity index (χ1v) is 11.9. The van der Waals surface area contributed by atoms with Crippen molar-refractivity contribution in [2.45, 2.75) is 19.3 Å². The van der Waals surface area contributed by atoms with Gasteiger partial charge in [-0.25, -0.2) is 9.37 Å². The van der Waals surface area contributed by atoms with Gasteiger partial charge in [-0.2, -0.15) is 0 Å². The zero-order valence-corrected chi connectivity index (χ0v) is 19.9. The van der Waals surface area contributed by atoms with E-state index in [0.29, 0.717) is 23.4 Å². The van der Waals surface area contributed by atoms with Gasteiger partial charge in [-0.3, -0.25) is 20.4 Å². The number of carbonyl (C=O) groups is 2. The van der Waals surface area contributed by atoms with Crippen LogP contribution in [0.15, 0.2) is 78.9 Å². The van der Waals surface area contributed by atoms with E-state index in [-0.39, 0.29) is 18.1 Å². The molecule has 0 saturated heterocycles. The number of nitrogens with one attached hydrogen (secondary N) is 3. The number of halogens is 2. The number of H-pyrrole nitrogens is 1. The fourth-order valence-corrected chi connectivity index (χ4v) is 4.32. The number of fused-ring (bicyclic) bond motifs is 2. The number of aryl methyl sites for hydroxylation is 1. The minimum Gasteiger partial charge on any atom is -0.353 e. The number of rotatable bonds is 6. The van der Waals surface area contributed by atoms with E-state index in [9.17, 15) is 14.0 Å². The van der Waals surface area contributed by atoms with Crippen LogP contribution >= 0.6 is 11.6 Å². The molecule has 180 valence electrons. The molecule has 0 aliphatic heterocycles. The Hall–Kier alpha value is -4.23. The Balaban J connectivity index is 1.30. The molecule has 0 radical (unpaired) electrons. The van der Waals surface area contributed by atoms with Crippen molar-refractivity contribution in [1.82, 2.24) is 20.8 Å². The third kappa shape index (κ3) is 5.06. The Bertz CT molecular complexity index is 1580. The number of para-hydroxylation sites is 1. The summed E-state index contributed by atoms with van der Waals surface area (Å²) < 4.78 is 14.1. The Morgan fingerprint density at radius 1 is 0.944 bits per heavy atom. The fourth-order valence-electron chi connectivity index (χ4n) is 4.19. The van der Waals surface area contributed by atoms with E-state index in [1.807, 2.05) is 36.4 Å². The van der Waals surface area contributed by atoms with Gasteiger partial charge in [-0.15, -0.1) is 0 Å². The number of aromatic nitrogens is 2. The zero-order chi connectivity index (χ0) is 25.1. The Morgan fingerprint density at radius 3 is 2.58 bits per heavy atom. The maximum Gasteiger partial charge on any atom is 0.269 e. The highest BCUT2D eigenvalue weighted by atomic mass is 35.5. The summed E-state index contributed by atoms with van der Waals surface area (Å²) in [6.45, 7) is 0. The van der Waals surface area contributed by atoms with Gasteiger partial charge in [-0.05, 0) is 73.0 Å². The molecule has 36 heavy (non-hydrogen) atoms. The number of pyridine rings is 1. The van der Waals surface area contributed by atoms with Crippen molar-refractivity contribution in [2.24, 2.45) is 0 Å². The molecule has 0 bridgehead atoms. The summed E-state index contributed by atoms with van der Waals surface area (Å²) in [6, 6.07) is 22.7. The van der Waals surface area contributed by atoms with Crippen molar-refractivity contribution in [3.05, 3.63) is 101 Å². The first-order chi connectivity index (χ1) is 17.5. The lowest BCUT2D eigenvalue weighted by Crippen LogP contribution is -2.41. The van der Waals surface area contributed by atoms with E-state index < -0.39 is 5.91 Å². The van der Waals surface area contributed by atoms with Crippen molar-refractivity contribution in [2.75, 3.05) is 0 Å². The van der Waals surface area contributed by atoms with Gasteiger partial charge in [0, 0.05) is 33.3 Å². The lowest BCUT2D eigenvalue weighted by molar-refractivity contribution is -0.121. The molecule has 6 nitrogen and oxygen atoms in total. The molecule has 0 saturated carbocycles. The van der Waals surface area contributed by atoms with E-state index in [0.717, 1.165) is 38.8 Å². The second-order valence-electron chi connectivity index (χ2n) is 8.42. The normalized spacial score (nSPS) is 11.1. The van der Waals surface area contributed by atoms with Crippen LogP contribution in [0.25, 0.3) is 33.2 Å². The van der Waals surface area contributed by atoms with Crippen molar-refractivity contribution < 1.29 is 14.0 Å². The first-order valence-electron chi connectivity index (χ1n) is 11.5. The molecule has 2 aromatic heterocycles. The Morgan fingerprint density at radius 2 is 1.75 bits per heavy atom. The highest BCUT2D eigenvalue weighted by molar-refractivity contribution is 6.30. The zero-order valence-electron chi connectivity index (χ0n) is 19.1. The van der Waals surface area contributed by atoms with Gasteiger partial charge in [0.15, 0.2) is 0 Å². The number of aromatic amines is 1. The van der Waals surface area contributed by atoms with Gasteiger partial charge >= 0.3 is 0 Å². The number of hydrazine groups is 1. The first kappa shape index (κ1) is 23.5. The molecular formula is C28H22ClFN4O2. The molecule has 0 atom stereocenters. The van der Waals surface area contributed by atoms with Gasteiger partial charge < -0.3 is 4.98 Å². The molecule has 3 N–H and O–H groups in total. The van der Waals surface area contributed by atoms with Crippen LogP contribution in [0, 0.1) is 5.82 Å².